The minimum absolute atomic E-state index is 0.104. The molecule has 1 aliphatic rings. The molecular weight excluding hydrogens is 184 g/mol. The van der Waals surface area contributed by atoms with E-state index in [1.807, 2.05) is 13.0 Å². The maximum Gasteiger partial charge on any atom is 0.216 e. The lowest BCUT2D eigenvalue weighted by Gasteiger charge is -2.18. The highest BCUT2D eigenvalue weighted by atomic mass is 32.2. The summed E-state index contributed by atoms with van der Waals surface area (Å²) in [6, 6.07) is 0. The van der Waals surface area contributed by atoms with E-state index in [-0.39, 0.29) is 10.9 Å². The Kier molecular flexibility index (Phi) is 2.66. The molecule has 2 nitrogen and oxygen atoms in total. The summed E-state index contributed by atoms with van der Waals surface area (Å²) in [6.07, 6.45) is 4.79. The normalized spacial score (nSPS) is 28.9. The molecular formula is C10H12O2S. The van der Waals surface area contributed by atoms with Crippen LogP contribution in [0.25, 0.3) is 0 Å². The molecule has 1 N–H and O–H groups in total. The summed E-state index contributed by atoms with van der Waals surface area (Å²) in [7, 11) is 0. The standard InChI is InChI=1S/C10H12O2S/c1-4-7(2)6-10(3)8(11)5-9(12)13-10/h4-6,11H,1H2,2-3H3. The first kappa shape index (κ1) is 10.1. The molecule has 0 fully saturated rings. The third kappa shape index (κ3) is 2.04. The largest absolute Gasteiger partial charge is 0.510 e. The van der Waals surface area contributed by atoms with Crippen LogP contribution in [0.1, 0.15) is 13.8 Å². The number of carbonyl (C=O) groups is 1. The molecule has 1 aliphatic heterocycles. The van der Waals surface area contributed by atoms with Crippen molar-refractivity contribution in [3.05, 3.63) is 36.1 Å². The van der Waals surface area contributed by atoms with Crippen LogP contribution in [0.15, 0.2) is 36.1 Å². The van der Waals surface area contributed by atoms with Crippen LogP contribution in [-0.4, -0.2) is 15.0 Å². The zero-order valence-corrected chi connectivity index (χ0v) is 8.52. The molecule has 0 bridgehead atoms. The van der Waals surface area contributed by atoms with Crippen molar-refractivity contribution in [2.75, 3.05) is 0 Å². The van der Waals surface area contributed by atoms with E-state index in [2.05, 4.69) is 6.58 Å². The molecule has 13 heavy (non-hydrogen) atoms. The van der Waals surface area contributed by atoms with Gasteiger partial charge < -0.3 is 5.11 Å². The van der Waals surface area contributed by atoms with Crippen LogP contribution in [0.4, 0.5) is 0 Å². The second-order valence-electron chi connectivity index (χ2n) is 3.15. The van der Waals surface area contributed by atoms with Crippen LogP contribution in [0.2, 0.25) is 0 Å². The first-order valence-corrected chi connectivity index (χ1v) is 4.75. The maximum atomic E-state index is 11.0. The van der Waals surface area contributed by atoms with Gasteiger partial charge in [-0.3, -0.25) is 4.79 Å². The van der Waals surface area contributed by atoms with E-state index in [1.165, 1.54) is 6.08 Å². The summed E-state index contributed by atoms with van der Waals surface area (Å²) in [5.41, 5.74) is 0.949. The minimum Gasteiger partial charge on any atom is -0.510 e. The van der Waals surface area contributed by atoms with Crippen LogP contribution in [0.5, 0.6) is 0 Å². The highest BCUT2D eigenvalue weighted by Crippen LogP contribution is 2.40. The van der Waals surface area contributed by atoms with Gasteiger partial charge in [-0.25, -0.2) is 0 Å². The lowest BCUT2D eigenvalue weighted by Crippen LogP contribution is -2.17. The summed E-state index contributed by atoms with van der Waals surface area (Å²) in [4.78, 5) is 11.0. The van der Waals surface area contributed by atoms with E-state index in [0.717, 1.165) is 17.3 Å². The molecule has 0 amide bonds. The molecule has 0 saturated carbocycles. The SMILES string of the molecule is C=CC(C)=CC1(C)SC(=O)C=C1O. The van der Waals surface area contributed by atoms with Crippen LogP contribution in [0.3, 0.4) is 0 Å². The number of hydrogen-bond acceptors (Lipinski definition) is 3. The summed E-state index contributed by atoms with van der Waals surface area (Å²) < 4.78 is -0.602. The highest BCUT2D eigenvalue weighted by Gasteiger charge is 2.36. The predicted octanol–water partition coefficient (Wildman–Crippen LogP) is 2.59. The Morgan fingerprint density at radius 3 is 2.77 bits per heavy atom. The number of carbonyl (C=O) groups excluding carboxylic acids is 1. The Hall–Kier alpha value is -0.960. The predicted molar refractivity (Wildman–Crippen MR) is 55.7 cm³/mol. The fourth-order valence-electron chi connectivity index (χ4n) is 1.14. The molecule has 1 atom stereocenters. The number of thioether (sulfide) groups is 1. The van der Waals surface area contributed by atoms with Crippen molar-refractivity contribution >= 4 is 16.9 Å². The third-order valence-corrected chi connectivity index (χ3v) is 2.97. The minimum atomic E-state index is -0.602. The van der Waals surface area contributed by atoms with Crippen molar-refractivity contribution in [1.82, 2.24) is 0 Å². The summed E-state index contributed by atoms with van der Waals surface area (Å²) in [5.74, 6) is 0.115. The first-order valence-electron chi connectivity index (χ1n) is 3.94. The van der Waals surface area contributed by atoms with Crippen LogP contribution in [-0.2, 0) is 4.79 Å². The molecule has 3 heteroatoms. The average Bonchev–Trinajstić information content (AvgIpc) is 2.25. The van der Waals surface area contributed by atoms with Gasteiger partial charge in [0.1, 0.15) is 5.76 Å². The fourth-order valence-corrected chi connectivity index (χ4v) is 2.14. The zero-order chi connectivity index (χ0) is 10.1. The molecule has 1 unspecified atom stereocenters. The Bertz CT molecular complexity index is 315. The average molecular weight is 196 g/mol. The van der Waals surface area contributed by atoms with Crippen molar-refractivity contribution < 1.29 is 9.90 Å². The number of allylic oxidation sites excluding steroid dienone is 2. The number of aliphatic hydroxyl groups excluding tert-OH is 1. The molecule has 70 valence electrons. The van der Waals surface area contributed by atoms with Gasteiger partial charge in [-0.05, 0) is 13.8 Å². The lowest BCUT2D eigenvalue weighted by atomic mass is 10.1. The lowest BCUT2D eigenvalue weighted by molar-refractivity contribution is -0.106. The fraction of sp³-hybridized carbons (Fsp3) is 0.300. The number of rotatable bonds is 2. The van der Waals surface area contributed by atoms with Gasteiger partial charge in [0.25, 0.3) is 0 Å². The van der Waals surface area contributed by atoms with E-state index in [1.54, 1.807) is 13.0 Å². The molecule has 0 aliphatic carbocycles. The van der Waals surface area contributed by atoms with Crippen molar-refractivity contribution in [1.29, 1.82) is 0 Å². The van der Waals surface area contributed by atoms with E-state index < -0.39 is 4.75 Å². The van der Waals surface area contributed by atoms with E-state index in [9.17, 15) is 9.90 Å². The second kappa shape index (κ2) is 3.42. The molecule has 0 spiro atoms. The third-order valence-electron chi connectivity index (χ3n) is 1.90. The summed E-state index contributed by atoms with van der Waals surface area (Å²) in [6.45, 7) is 7.31. The number of hydrogen-bond donors (Lipinski definition) is 1. The smallest absolute Gasteiger partial charge is 0.216 e. The molecule has 0 saturated heterocycles. The van der Waals surface area contributed by atoms with Gasteiger partial charge in [0.2, 0.25) is 5.12 Å². The quantitative estimate of drug-likeness (QED) is 0.690. The second-order valence-corrected chi connectivity index (χ2v) is 4.60. The van der Waals surface area contributed by atoms with Crippen molar-refractivity contribution in [3.63, 3.8) is 0 Å². The van der Waals surface area contributed by atoms with Gasteiger partial charge in [0.15, 0.2) is 0 Å². The Balaban J connectivity index is 2.98. The van der Waals surface area contributed by atoms with E-state index in [4.69, 9.17) is 0 Å². The van der Waals surface area contributed by atoms with Crippen LogP contribution < -0.4 is 0 Å². The van der Waals surface area contributed by atoms with Gasteiger partial charge in [0.05, 0.1) is 4.75 Å². The van der Waals surface area contributed by atoms with Gasteiger partial charge >= 0.3 is 0 Å². The van der Waals surface area contributed by atoms with Gasteiger partial charge in [-0.2, -0.15) is 0 Å². The topological polar surface area (TPSA) is 37.3 Å². The van der Waals surface area contributed by atoms with Gasteiger partial charge in [0, 0.05) is 6.08 Å². The summed E-state index contributed by atoms with van der Waals surface area (Å²) >= 11 is 1.11. The molecule has 1 heterocycles. The Morgan fingerprint density at radius 2 is 2.38 bits per heavy atom. The molecule has 0 radical (unpaired) electrons. The highest BCUT2D eigenvalue weighted by molar-refractivity contribution is 8.15. The summed E-state index contributed by atoms with van der Waals surface area (Å²) in [5, 5.41) is 9.40. The molecule has 1 rings (SSSR count). The van der Waals surface area contributed by atoms with Crippen molar-refractivity contribution in [2.24, 2.45) is 0 Å². The van der Waals surface area contributed by atoms with Crippen molar-refractivity contribution in [3.8, 4) is 0 Å². The van der Waals surface area contributed by atoms with Gasteiger partial charge in [-0.15, -0.1) is 0 Å². The van der Waals surface area contributed by atoms with Crippen molar-refractivity contribution in [2.45, 2.75) is 18.6 Å². The van der Waals surface area contributed by atoms with Crippen LogP contribution in [0, 0.1) is 0 Å². The van der Waals surface area contributed by atoms with E-state index >= 15 is 0 Å². The maximum absolute atomic E-state index is 11.0. The molecule has 0 aromatic rings. The molecule has 0 aromatic heterocycles. The van der Waals surface area contributed by atoms with Gasteiger partial charge in [-0.1, -0.05) is 36.1 Å². The molecule has 0 aromatic carbocycles. The van der Waals surface area contributed by atoms with Crippen LogP contribution >= 0.6 is 11.8 Å². The zero-order valence-electron chi connectivity index (χ0n) is 7.70. The monoisotopic (exact) mass is 196 g/mol. The Labute approximate surface area is 82.0 Å². The number of aliphatic hydroxyl groups is 1. The van der Waals surface area contributed by atoms with E-state index in [0.29, 0.717) is 0 Å². The Morgan fingerprint density at radius 1 is 1.77 bits per heavy atom. The first-order chi connectivity index (χ1) is 5.98.